The van der Waals surface area contributed by atoms with Gasteiger partial charge in [0.15, 0.2) is 0 Å². The molecule has 3 nitrogen and oxygen atoms in total. The maximum absolute atomic E-state index is 4.20. The average Bonchev–Trinajstić information content (AvgIpc) is 3.05. The van der Waals surface area contributed by atoms with Gasteiger partial charge in [-0.25, -0.2) is 4.68 Å². The van der Waals surface area contributed by atoms with Crippen LogP contribution in [-0.4, -0.2) is 15.0 Å². The second-order valence-electron chi connectivity index (χ2n) is 4.11. The number of aromatic nitrogens is 3. The molecule has 92 valence electrons. The number of nitrogens with zero attached hydrogens (tertiary/aromatic N) is 3. The molecule has 0 aliphatic heterocycles. The molecule has 0 amide bonds. The molecule has 1 aromatic carbocycles. The van der Waals surface area contributed by atoms with Gasteiger partial charge < -0.3 is 0 Å². The van der Waals surface area contributed by atoms with Crippen molar-refractivity contribution in [2.75, 3.05) is 0 Å². The van der Waals surface area contributed by atoms with Crippen molar-refractivity contribution in [2.45, 2.75) is 18.2 Å². The molecule has 0 bridgehead atoms. The van der Waals surface area contributed by atoms with E-state index in [1.165, 1.54) is 10.1 Å². The summed E-state index contributed by atoms with van der Waals surface area (Å²) < 4.78 is 3.13. The Morgan fingerprint density at radius 1 is 1.39 bits per heavy atom. The lowest BCUT2D eigenvalue weighted by atomic mass is 10.2. The standard InChI is InChI=1S/C13H12BrN3S/c1-2-11(14)12-8-17(16-15-12)10-3-4-13-9(7-10)5-6-18-13/h3-8,11H,2H2,1H3. The molecule has 0 aliphatic rings. The Morgan fingerprint density at radius 2 is 2.28 bits per heavy atom. The van der Waals surface area contributed by atoms with Crippen LogP contribution < -0.4 is 0 Å². The Labute approximate surface area is 118 Å². The topological polar surface area (TPSA) is 30.7 Å². The van der Waals surface area contributed by atoms with Gasteiger partial charge in [-0.1, -0.05) is 28.1 Å². The zero-order valence-electron chi connectivity index (χ0n) is 9.88. The second kappa shape index (κ2) is 4.82. The van der Waals surface area contributed by atoms with Gasteiger partial charge in [-0.05, 0) is 41.5 Å². The van der Waals surface area contributed by atoms with Gasteiger partial charge >= 0.3 is 0 Å². The molecule has 2 aromatic heterocycles. The van der Waals surface area contributed by atoms with Crippen LogP contribution >= 0.6 is 27.3 Å². The number of hydrogen-bond acceptors (Lipinski definition) is 3. The maximum atomic E-state index is 4.20. The Bertz CT molecular complexity index is 673. The summed E-state index contributed by atoms with van der Waals surface area (Å²) in [7, 11) is 0. The molecule has 0 saturated heterocycles. The summed E-state index contributed by atoms with van der Waals surface area (Å²) in [4.78, 5) is 0.274. The predicted molar refractivity (Wildman–Crippen MR) is 78.7 cm³/mol. The van der Waals surface area contributed by atoms with Crippen molar-refractivity contribution in [1.29, 1.82) is 0 Å². The molecule has 18 heavy (non-hydrogen) atoms. The van der Waals surface area contributed by atoms with Crippen LogP contribution in [0, 0.1) is 0 Å². The Balaban J connectivity index is 2.00. The van der Waals surface area contributed by atoms with E-state index in [4.69, 9.17) is 0 Å². The van der Waals surface area contributed by atoms with E-state index in [2.05, 4.69) is 62.8 Å². The summed E-state index contributed by atoms with van der Waals surface area (Å²) in [6, 6.07) is 8.47. The SMILES string of the molecule is CCC(Br)c1cn(-c2ccc3sccc3c2)nn1. The van der Waals surface area contributed by atoms with Crippen molar-refractivity contribution in [3.8, 4) is 5.69 Å². The third kappa shape index (κ3) is 2.08. The number of thiophene rings is 1. The first-order valence-electron chi connectivity index (χ1n) is 5.82. The van der Waals surface area contributed by atoms with Gasteiger partial charge in [0.05, 0.1) is 22.4 Å². The molecular weight excluding hydrogens is 310 g/mol. The number of benzene rings is 1. The number of halogens is 1. The first-order chi connectivity index (χ1) is 8.78. The van der Waals surface area contributed by atoms with Crippen molar-refractivity contribution < 1.29 is 0 Å². The van der Waals surface area contributed by atoms with Crippen molar-refractivity contribution in [3.05, 3.63) is 41.5 Å². The molecule has 2 heterocycles. The lowest BCUT2D eigenvalue weighted by Crippen LogP contribution is -1.93. The Hall–Kier alpha value is -1.20. The summed E-state index contributed by atoms with van der Waals surface area (Å²) in [6.07, 6.45) is 2.98. The van der Waals surface area contributed by atoms with E-state index in [-0.39, 0.29) is 4.83 Å². The van der Waals surface area contributed by atoms with E-state index in [1.54, 1.807) is 11.3 Å². The smallest absolute Gasteiger partial charge is 0.0967 e. The first-order valence-corrected chi connectivity index (χ1v) is 7.61. The molecule has 1 atom stereocenters. The minimum absolute atomic E-state index is 0.274. The Morgan fingerprint density at radius 3 is 3.11 bits per heavy atom. The van der Waals surface area contributed by atoms with Crippen LogP contribution in [0.1, 0.15) is 23.9 Å². The van der Waals surface area contributed by atoms with Crippen molar-refractivity contribution in [1.82, 2.24) is 15.0 Å². The molecule has 3 aromatic rings. The number of hydrogen-bond donors (Lipinski definition) is 0. The summed E-state index contributed by atoms with van der Waals surface area (Å²) >= 11 is 5.34. The second-order valence-corrected chi connectivity index (χ2v) is 6.16. The third-order valence-corrected chi connectivity index (χ3v) is 4.91. The maximum Gasteiger partial charge on any atom is 0.0967 e. The van der Waals surface area contributed by atoms with Crippen molar-refractivity contribution in [2.24, 2.45) is 0 Å². The monoisotopic (exact) mass is 321 g/mol. The summed E-state index contributed by atoms with van der Waals surface area (Å²) in [5.41, 5.74) is 2.03. The van der Waals surface area contributed by atoms with Crippen LogP contribution in [0.4, 0.5) is 0 Å². The van der Waals surface area contributed by atoms with Gasteiger partial charge in [0.1, 0.15) is 0 Å². The summed E-state index contributed by atoms with van der Waals surface area (Å²) in [6.45, 7) is 2.12. The van der Waals surface area contributed by atoms with Crippen LogP contribution in [0.2, 0.25) is 0 Å². The molecule has 0 N–H and O–H groups in total. The molecule has 3 rings (SSSR count). The highest BCUT2D eigenvalue weighted by Gasteiger charge is 2.10. The lowest BCUT2D eigenvalue weighted by molar-refractivity contribution is 0.791. The van der Waals surface area contributed by atoms with Gasteiger partial charge in [-0.2, -0.15) is 0 Å². The van der Waals surface area contributed by atoms with Gasteiger partial charge in [-0.15, -0.1) is 16.4 Å². The van der Waals surface area contributed by atoms with Gasteiger partial charge in [0.2, 0.25) is 0 Å². The minimum atomic E-state index is 0.274. The fourth-order valence-corrected chi connectivity index (χ4v) is 2.83. The van der Waals surface area contributed by atoms with Crippen molar-refractivity contribution >= 4 is 37.4 Å². The van der Waals surface area contributed by atoms with Crippen LogP contribution in [0.5, 0.6) is 0 Å². The largest absolute Gasteiger partial charge is 0.220 e. The summed E-state index contributed by atoms with van der Waals surface area (Å²) in [5, 5.41) is 11.7. The van der Waals surface area contributed by atoms with E-state index in [1.807, 2.05) is 10.9 Å². The zero-order valence-corrected chi connectivity index (χ0v) is 12.3. The van der Waals surface area contributed by atoms with E-state index >= 15 is 0 Å². The molecule has 0 aliphatic carbocycles. The van der Waals surface area contributed by atoms with Gasteiger partial charge in [0, 0.05) is 4.70 Å². The lowest BCUT2D eigenvalue weighted by Gasteiger charge is -2.01. The molecule has 0 spiro atoms. The molecule has 0 saturated carbocycles. The van der Waals surface area contributed by atoms with Crippen LogP contribution in [-0.2, 0) is 0 Å². The molecule has 0 fully saturated rings. The number of fused-ring (bicyclic) bond motifs is 1. The number of rotatable bonds is 3. The third-order valence-electron chi connectivity index (χ3n) is 2.89. The highest BCUT2D eigenvalue weighted by Crippen LogP contribution is 2.26. The fourth-order valence-electron chi connectivity index (χ4n) is 1.85. The molecular formula is C13H12BrN3S. The average molecular weight is 322 g/mol. The Kier molecular flexibility index (Phi) is 3.18. The molecule has 5 heteroatoms. The van der Waals surface area contributed by atoms with E-state index in [0.29, 0.717) is 0 Å². The van der Waals surface area contributed by atoms with Crippen molar-refractivity contribution in [3.63, 3.8) is 0 Å². The molecule has 1 unspecified atom stereocenters. The van der Waals surface area contributed by atoms with Gasteiger partial charge in [0.25, 0.3) is 0 Å². The number of alkyl halides is 1. The van der Waals surface area contributed by atoms with E-state index in [0.717, 1.165) is 17.8 Å². The highest BCUT2D eigenvalue weighted by molar-refractivity contribution is 9.09. The highest BCUT2D eigenvalue weighted by atomic mass is 79.9. The van der Waals surface area contributed by atoms with Gasteiger partial charge in [-0.3, -0.25) is 0 Å². The predicted octanol–water partition coefficient (Wildman–Crippen LogP) is 4.33. The normalized spacial score (nSPS) is 13.0. The minimum Gasteiger partial charge on any atom is -0.220 e. The molecule has 0 radical (unpaired) electrons. The van der Waals surface area contributed by atoms with E-state index < -0.39 is 0 Å². The van der Waals surface area contributed by atoms with Crippen LogP contribution in [0.25, 0.3) is 15.8 Å². The zero-order chi connectivity index (χ0) is 12.5. The quantitative estimate of drug-likeness (QED) is 0.672. The first kappa shape index (κ1) is 11.9. The fraction of sp³-hybridized carbons (Fsp3) is 0.231. The summed E-state index contributed by atoms with van der Waals surface area (Å²) in [5.74, 6) is 0. The van der Waals surface area contributed by atoms with Crippen LogP contribution in [0.3, 0.4) is 0 Å². The van der Waals surface area contributed by atoms with Crippen LogP contribution in [0.15, 0.2) is 35.8 Å². The van der Waals surface area contributed by atoms with E-state index in [9.17, 15) is 0 Å².